The Labute approximate surface area is 189 Å². The summed E-state index contributed by atoms with van der Waals surface area (Å²) in [6, 6.07) is 12.6. The molecule has 1 fully saturated rings. The van der Waals surface area contributed by atoms with E-state index in [0.29, 0.717) is 23.5 Å². The highest BCUT2D eigenvalue weighted by molar-refractivity contribution is 6.03. The van der Waals surface area contributed by atoms with Crippen LogP contribution in [0, 0.1) is 6.92 Å². The Kier molecular flexibility index (Phi) is 8.47. The first-order chi connectivity index (χ1) is 15.4. The number of carbonyl (C=O) groups is 2. The molecular weight excluding hydrogens is 406 g/mol. The number of carbonyl (C=O) groups excluding carboxylic acids is 2. The van der Waals surface area contributed by atoms with Gasteiger partial charge in [-0.1, -0.05) is 12.1 Å². The summed E-state index contributed by atoms with van der Waals surface area (Å²) >= 11 is 0. The van der Waals surface area contributed by atoms with E-state index >= 15 is 0 Å². The second-order valence-corrected chi connectivity index (χ2v) is 8.14. The number of nitrogens with one attached hydrogen (secondary N) is 3. The molecule has 0 atom stereocenters. The van der Waals surface area contributed by atoms with Gasteiger partial charge in [-0.25, -0.2) is 4.79 Å². The van der Waals surface area contributed by atoms with Gasteiger partial charge in [0.1, 0.15) is 0 Å². The van der Waals surface area contributed by atoms with Crippen LogP contribution in [0.15, 0.2) is 42.5 Å². The number of nitrogens with zero attached hydrogens (tertiary/aromatic N) is 2. The third-order valence-corrected chi connectivity index (χ3v) is 5.30. The van der Waals surface area contributed by atoms with E-state index in [1.807, 2.05) is 56.3 Å². The van der Waals surface area contributed by atoms with Crippen molar-refractivity contribution < 1.29 is 14.3 Å². The fourth-order valence-corrected chi connectivity index (χ4v) is 3.63. The minimum Gasteiger partial charge on any atom is -0.379 e. The lowest BCUT2D eigenvalue weighted by Gasteiger charge is -2.26. The molecule has 1 saturated heterocycles. The fraction of sp³-hybridized carbons (Fsp3) is 0.417. The number of benzene rings is 2. The Bertz CT molecular complexity index is 926. The first-order valence-electron chi connectivity index (χ1n) is 11.0. The molecule has 1 heterocycles. The van der Waals surface area contributed by atoms with Gasteiger partial charge in [0.15, 0.2) is 0 Å². The number of amides is 3. The van der Waals surface area contributed by atoms with Gasteiger partial charge in [-0.3, -0.25) is 9.69 Å². The van der Waals surface area contributed by atoms with Gasteiger partial charge in [-0.05, 0) is 55.8 Å². The van der Waals surface area contributed by atoms with Crippen LogP contribution in [-0.4, -0.2) is 70.3 Å². The predicted octanol–water partition coefficient (Wildman–Crippen LogP) is 3.16. The molecular formula is C24H33N5O3. The number of aryl methyl sites for hydroxylation is 1. The van der Waals surface area contributed by atoms with E-state index in [9.17, 15) is 9.59 Å². The van der Waals surface area contributed by atoms with Gasteiger partial charge in [-0.15, -0.1) is 0 Å². The highest BCUT2D eigenvalue weighted by atomic mass is 16.5. The Hall–Kier alpha value is -3.10. The van der Waals surface area contributed by atoms with Gasteiger partial charge in [0, 0.05) is 50.8 Å². The van der Waals surface area contributed by atoms with E-state index in [1.165, 1.54) is 0 Å². The van der Waals surface area contributed by atoms with Crippen LogP contribution < -0.4 is 20.9 Å². The van der Waals surface area contributed by atoms with Crippen molar-refractivity contribution in [3.05, 3.63) is 53.6 Å². The quantitative estimate of drug-likeness (QED) is 0.550. The Morgan fingerprint density at radius 1 is 1.03 bits per heavy atom. The number of hydrogen-bond donors (Lipinski definition) is 3. The maximum Gasteiger partial charge on any atom is 0.323 e. The summed E-state index contributed by atoms with van der Waals surface area (Å²) < 4.78 is 5.36. The minimum absolute atomic E-state index is 0.154. The topological polar surface area (TPSA) is 85.9 Å². The number of urea groups is 1. The van der Waals surface area contributed by atoms with Crippen molar-refractivity contribution in [2.45, 2.75) is 13.3 Å². The molecule has 3 rings (SSSR count). The SMILES string of the molecule is Cc1cccc(NC(=O)Nc2ccc(N(C)C)c(C(=O)NCCCN3CCOCC3)c2)c1. The lowest BCUT2D eigenvalue weighted by atomic mass is 10.1. The summed E-state index contributed by atoms with van der Waals surface area (Å²) in [4.78, 5) is 29.5. The first-order valence-corrected chi connectivity index (χ1v) is 11.0. The monoisotopic (exact) mass is 439 g/mol. The molecule has 8 nitrogen and oxygen atoms in total. The summed E-state index contributed by atoms with van der Waals surface area (Å²) in [5, 5.41) is 8.64. The molecule has 32 heavy (non-hydrogen) atoms. The average molecular weight is 440 g/mol. The highest BCUT2D eigenvalue weighted by Gasteiger charge is 2.15. The van der Waals surface area contributed by atoms with Crippen LogP contribution >= 0.6 is 0 Å². The van der Waals surface area contributed by atoms with Crippen LogP contribution in [0.25, 0.3) is 0 Å². The molecule has 0 unspecified atom stereocenters. The second-order valence-electron chi connectivity index (χ2n) is 8.14. The molecule has 2 aromatic carbocycles. The Morgan fingerprint density at radius 3 is 2.44 bits per heavy atom. The van der Waals surface area contributed by atoms with Crippen molar-refractivity contribution in [1.29, 1.82) is 0 Å². The third kappa shape index (κ3) is 6.96. The van der Waals surface area contributed by atoms with Crippen molar-refractivity contribution in [1.82, 2.24) is 10.2 Å². The molecule has 172 valence electrons. The summed E-state index contributed by atoms with van der Waals surface area (Å²) in [5.74, 6) is -0.154. The second kappa shape index (κ2) is 11.5. The maximum absolute atomic E-state index is 12.9. The molecule has 0 spiro atoms. The van der Waals surface area contributed by atoms with Crippen LogP contribution in [0.3, 0.4) is 0 Å². The summed E-state index contributed by atoms with van der Waals surface area (Å²) in [6.45, 7) is 6.92. The van der Waals surface area contributed by atoms with E-state index < -0.39 is 0 Å². The van der Waals surface area contributed by atoms with Crippen molar-refractivity contribution in [3.63, 3.8) is 0 Å². The number of morpholine rings is 1. The van der Waals surface area contributed by atoms with Gasteiger partial charge in [-0.2, -0.15) is 0 Å². The van der Waals surface area contributed by atoms with E-state index in [4.69, 9.17) is 4.74 Å². The van der Waals surface area contributed by atoms with Crippen molar-refractivity contribution in [2.75, 3.05) is 69.0 Å². The molecule has 3 amide bonds. The zero-order valence-corrected chi connectivity index (χ0v) is 19.1. The molecule has 3 N–H and O–H groups in total. The largest absolute Gasteiger partial charge is 0.379 e. The van der Waals surface area contributed by atoms with Gasteiger partial charge in [0.2, 0.25) is 0 Å². The van der Waals surface area contributed by atoms with Crippen molar-refractivity contribution in [2.24, 2.45) is 0 Å². The Morgan fingerprint density at radius 2 is 1.75 bits per heavy atom. The maximum atomic E-state index is 12.9. The van der Waals surface area contributed by atoms with Crippen LogP contribution in [0.5, 0.6) is 0 Å². The smallest absolute Gasteiger partial charge is 0.323 e. The zero-order chi connectivity index (χ0) is 22.9. The standard InChI is InChI=1S/C24H33N5O3/c1-18-6-4-7-19(16-18)26-24(31)27-20-8-9-22(28(2)3)21(17-20)23(30)25-10-5-11-29-12-14-32-15-13-29/h4,6-9,16-17H,5,10-15H2,1-3H3,(H,25,30)(H2,26,27,31). The molecule has 8 heteroatoms. The van der Waals surface area contributed by atoms with Gasteiger partial charge >= 0.3 is 6.03 Å². The zero-order valence-electron chi connectivity index (χ0n) is 19.1. The van der Waals surface area contributed by atoms with E-state index in [1.54, 1.807) is 12.1 Å². The number of hydrogen-bond acceptors (Lipinski definition) is 5. The van der Waals surface area contributed by atoms with Gasteiger partial charge < -0.3 is 25.6 Å². The van der Waals surface area contributed by atoms with Crippen LogP contribution in [0.2, 0.25) is 0 Å². The van der Waals surface area contributed by atoms with Gasteiger partial charge in [0.05, 0.1) is 18.8 Å². The summed E-state index contributed by atoms with van der Waals surface area (Å²) in [7, 11) is 3.78. The molecule has 0 bridgehead atoms. The van der Waals surface area contributed by atoms with E-state index in [-0.39, 0.29) is 11.9 Å². The summed E-state index contributed by atoms with van der Waals surface area (Å²) in [6.07, 6.45) is 0.875. The first kappa shape index (κ1) is 23.6. The lowest BCUT2D eigenvalue weighted by Crippen LogP contribution is -2.38. The molecule has 1 aliphatic rings. The Balaban J connectivity index is 1.59. The van der Waals surface area contributed by atoms with E-state index in [2.05, 4.69) is 20.9 Å². The molecule has 1 aliphatic heterocycles. The molecule has 0 radical (unpaired) electrons. The number of ether oxygens (including phenoxy) is 1. The fourth-order valence-electron chi connectivity index (χ4n) is 3.63. The summed E-state index contributed by atoms with van der Waals surface area (Å²) in [5.41, 5.74) is 3.64. The average Bonchev–Trinajstić information content (AvgIpc) is 2.77. The predicted molar refractivity (Wildman–Crippen MR) is 129 cm³/mol. The highest BCUT2D eigenvalue weighted by Crippen LogP contribution is 2.23. The third-order valence-electron chi connectivity index (χ3n) is 5.30. The minimum atomic E-state index is -0.356. The number of rotatable bonds is 8. The molecule has 0 aromatic heterocycles. The number of anilines is 3. The van der Waals surface area contributed by atoms with Crippen LogP contribution in [-0.2, 0) is 4.74 Å². The molecule has 2 aromatic rings. The van der Waals surface area contributed by atoms with E-state index in [0.717, 1.165) is 50.5 Å². The molecule has 0 aliphatic carbocycles. The van der Waals surface area contributed by atoms with Crippen molar-refractivity contribution in [3.8, 4) is 0 Å². The van der Waals surface area contributed by atoms with Crippen LogP contribution in [0.1, 0.15) is 22.3 Å². The van der Waals surface area contributed by atoms with Gasteiger partial charge in [0.25, 0.3) is 5.91 Å². The normalized spacial score (nSPS) is 14.0. The molecule has 0 saturated carbocycles. The van der Waals surface area contributed by atoms with Crippen molar-refractivity contribution >= 4 is 29.0 Å². The lowest BCUT2D eigenvalue weighted by molar-refractivity contribution is 0.0374. The van der Waals surface area contributed by atoms with Crippen LogP contribution in [0.4, 0.5) is 21.9 Å².